The first-order valence-electron chi connectivity index (χ1n) is 12.3. The van der Waals surface area contributed by atoms with Gasteiger partial charge in [0, 0.05) is 6.08 Å². The van der Waals surface area contributed by atoms with Crippen molar-refractivity contribution in [3.8, 4) is 5.75 Å². The van der Waals surface area contributed by atoms with Crippen molar-refractivity contribution in [2.24, 2.45) is 11.8 Å². The highest BCUT2D eigenvalue weighted by molar-refractivity contribution is 5.90. The minimum Gasteiger partial charge on any atom is -0.494 e. The third-order valence-corrected chi connectivity index (χ3v) is 5.64. The van der Waals surface area contributed by atoms with E-state index in [1.54, 1.807) is 13.0 Å². The van der Waals surface area contributed by atoms with Gasteiger partial charge >= 0.3 is 5.97 Å². The predicted molar refractivity (Wildman–Crippen MR) is 131 cm³/mol. The van der Waals surface area contributed by atoms with Crippen LogP contribution in [-0.2, 0) is 19.2 Å². The maximum Gasteiger partial charge on any atom is 0.320 e. The molecule has 34 heavy (non-hydrogen) atoms. The number of carboxylic acid groups (broad SMARTS) is 1. The fraction of sp³-hybridized carbons (Fsp3) is 0.615. The number of carbonyl (C=O) groups is 2. The van der Waals surface area contributed by atoms with E-state index in [1.165, 1.54) is 12.5 Å². The second-order valence-electron chi connectivity index (χ2n) is 9.15. The summed E-state index contributed by atoms with van der Waals surface area (Å²) in [6.45, 7) is 7.46. The monoisotopic (exact) mass is 476 g/mol. The summed E-state index contributed by atoms with van der Waals surface area (Å²) in [6, 6.07) is 6.92. The van der Waals surface area contributed by atoms with Crippen molar-refractivity contribution in [3.63, 3.8) is 0 Å². The van der Waals surface area contributed by atoms with Gasteiger partial charge in [0.1, 0.15) is 11.8 Å². The van der Waals surface area contributed by atoms with Crippen LogP contribution < -0.4 is 15.5 Å². The highest BCUT2D eigenvalue weighted by Gasteiger charge is 2.28. The number of hydroxylamine groups is 1. The first-order chi connectivity index (χ1) is 16.3. The number of ether oxygens (including phenoxy) is 2. The van der Waals surface area contributed by atoms with Crippen molar-refractivity contribution < 1.29 is 29.0 Å². The Morgan fingerprint density at radius 3 is 2.47 bits per heavy atom. The molecule has 0 aromatic heterocycles. The van der Waals surface area contributed by atoms with Gasteiger partial charge in [-0.15, -0.1) is 0 Å². The lowest BCUT2D eigenvalue weighted by molar-refractivity contribution is -0.180. The zero-order valence-corrected chi connectivity index (χ0v) is 20.6. The van der Waals surface area contributed by atoms with E-state index in [0.29, 0.717) is 25.7 Å². The van der Waals surface area contributed by atoms with E-state index in [4.69, 9.17) is 14.3 Å². The first-order valence-corrected chi connectivity index (χ1v) is 12.3. The molecule has 1 aliphatic carbocycles. The Balaban J connectivity index is 1.64. The number of hydrogen-bond donors (Lipinski definition) is 3. The van der Waals surface area contributed by atoms with Crippen LogP contribution in [0.15, 0.2) is 30.3 Å². The molecule has 8 heteroatoms. The van der Waals surface area contributed by atoms with Gasteiger partial charge in [0.05, 0.1) is 13.2 Å². The number of carbonyl (C=O) groups excluding carboxylic acids is 1. The second kappa shape index (κ2) is 15.5. The van der Waals surface area contributed by atoms with Crippen molar-refractivity contribution in [3.05, 3.63) is 35.9 Å². The van der Waals surface area contributed by atoms with Gasteiger partial charge in [0.15, 0.2) is 6.29 Å². The zero-order chi connectivity index (χ0) is 24.8. The van der Waals surface area contributed by atoms with Crippen LogP contribution in [0.2, 0.25) is 0 Å². The lowest BCUT2D eigenvalue weighted by Crippen LogP contribution is -2.44. The van der Waals surface area contributed by atoms with Crippen molar-refractivity contribution in [2.45, 2.75) is 71.6 Å². The molecule has 0 saturated heterocycles. The van der Waals surface area contributed by atoms with Crippen LogP contribution in [0.5, 0.6) is 5.75 Å². The molecule has 2 rings (SSSR count). The third-order valence-electron chi connectivity index (χ3n) is 5.64. The zero-order valence-electron chi connectivity index (χ0n) is 20.6. The van der Waals surface area contributed by atoms with Crippen LogP contribution in [0.4, 0.5) is 0 Å². The summed E-state index contributed by atoms with van der Waals surface area (Å²) >= 11 is 0. The molecular formula is C26H40N2O6. The molecule has 0 heterocycles. The Labute approximate surface area is 203 Å². The highest BCUT2D eigenvalue weighted by Crippen LogP contribution is 2.26. The minimum atomic E-state index is -0.759. The Hall–Kier alpha value is -2.42. The average Bonchev–Trinajstić information content (AvgIpc) is 2.83. The van der Waals surface area contributed by atoms with E-state index in [9.17, 15) is 14.7 Å². The Bertz CT molecular complexity index is 759. The van der Waals surface area contributed by atoms with Crippen LogP contribution in [0.3, 0.4) is 0 Å². The molecule has 3 N–H and O–H groups in total. The van der Waals surface area contributed by atoms with Crippen LogP contribution in [0.25, 0.3) is 6.08 Å². The van der Waals surface area contributed by atoms with Crippen molar-refractivity contribution >= 4 is 18.0 Å². The molecule has 1 aromatic rings. The number of aliphatic carboxylic acids is 1. The lowest BCUT2D eigenvalue weighted by atomic mass is 9.84. The van der Waals surface area contributed by atoms with Gasteiger partial charge in [-0.05, 0) is 68.3 Å². The summed E-state index contributed by atoms with van der Waals surface area (Å²) in [5, 5.41) is 12.7. The molecule has 1 aromatic carbocycles. The van der Waals surface area contributed by atoms with E-state index in [2.05, 4.69) is 10.8 Å². The summed E-state index contributed by atoms with van der Waals surface area (Å²) < 4.78 is 11.2. The van der Waals surface area contributed by atoms with Crippen LogP contribution in [0, 0.1) is 11.8 Å². The maximum absolute atomic E-state index is 11.9. The summed E-state index contributed by atoms with van der Waals surface area (Å²) in [5.41, 5.74) is 3.20. The van der Waals surface area contributed by atoms with Gasteiger partial charge in [-0.2, -0.15) is 0 Å². The summed E-state index contributed by atoms with van der Waals surface area (Å²) in [5.74, 6) is 0.207. The van der Waals surface area contributed by atoms with Crippen molar-refractivity contribution in [1.82, 2.24) is 10.8 Å². The SMILES string of the molecule is CC(C)COC(C)ONC(=O)C=Cc1ccc(OCCCN[C@H](C(=O)O)C2CCCCC2)cc1. The molecule has 190 valence electrons. The van der Waals surface area contributed by atoms with E-state index >= 15 is 0 Å². The molecule has 0 bridgehead atoms. The number of amides is 1. The van der Waals surface area contributed by atoms with Gasteiger partial charge in [0.25, 0.3) is 5.91 Å². The van der Waals surface area contributed by atoms with Gasteiger partial charge in [0.2, 0.25) is 0 Å². The molecule has 2 atom stereocenters. The largest absolute Gasteiger partial charge is 0.494 e. The van der Waals surface area contributed by atoms with Gasteiger partial charge < -0.3 is 19.9 Å². The number of benzene rings is 1. The van der Waals surface area contributed by atoms with Gasteiger partial charge in [-0.25, -0.2) is 10.3 Å². The van der Waals surface area contributed by atoms with E-state index < -0.39 is 18.3 Å². The predicted octanol–water partition coefficient (Wildman–Crippen LogP) is 4.16. The lowest BCUT2D eigenvalue weighted by Gasteiger charge is -2.28. The van der Waals surface area contributed by atoms with E-state index in [0.717, 1.165) is 43.4 Å². The smallest absolute Gasteiger partial charge is 0.320 e. The Kier molecular flexibility index (Phi) is 12.7. The number of hydrogen-bond acceptors (Lipinski definition) is 6. The molecule has 1 saturated carbocycles. The number of rotatable bonds is 15. The molecule has 8 nitrogen and oxygen atoms in total. The average molecular weight is 477 g/mol. The topological polar surface area (TPSA) is 106 Å². The molecule has 0 spiro atoms. The van der Waals surface area contributed by atoms with E-state index in [-0.39, 0.29) is 11.8 Å². The second-order valence-corrected chi connectivity index (χ2v) is 9.15. The first kappa shape index (κ1) is 27.8. The number of nitrogens with one attached hydrogen (secondary N) is 2. The third kappa shape index (κ3) is 11.1. The highest BCUT2D eigenvalue weighted by atomic mass is 16.8. The molecule has 1 fully saturated rings. The minimum absolute atomic E-state index is 0.225. The maximum atomic E-state index is 11.9. The summed E-state index contributed by atoms with van der Waals surface area (Å²) in [6.07, 6.45) is 8.70. The van der Waals surface area contributed by atoms with Crippen LogP contribution >= 0.6 is 0 Å². The fourth-order valence-electron chi connectivity index (χ4n) is 3.83. The molecule has 0 aliphatic heterocycles. The normalized spacial score (nSPS) is 16.5. The van der Waals surface area contributed by atoms with Crippen molar-refractivity contribution in [1.29, 1.82) is 0 Å². The summed E-state index contributed by atoms with van der Waals surface area (Å²) in [4.78, 5) is 28.6. The Morgan fingerprint density at radius 1 is 1.12 bits per heavy atom. The van der Waals surface area contributed by atoms with Crippen molar-refractivity contribution in [2.75, 3.05) is 19.8 Å². The molecule has 1 amide bonds. The molecule has 1 aliphatic rings. The number of carboxylic acids is 1. The van der Waals surface area contributed by atoms with Crippen LogP contribution in [-0.4, -0.2) is 49.1 Å². The quantitative estimate of drug-likeness (QED) is 0.151. The Morgan fingerprint density at radius 2 is 1.82 bits per heavy atom. The van der Waals surface area contributed by atoms with E-state index in [1.807, 2.05) is 38.1 Å². The van der Waals surface area contributed by atoms with Gasteiger partial charge in [-0.3, -0.25) is 9.59 Å². The molecular weight excluding hydrogens is 436 g/mol. The van der Waals surface area contributed by atoms with Gasteiger partial charge in [-0.1, -0.05) is 45.2 Å². The van der Waals surface area contributed by atoms with Crippen LogP contribution in [0.1, 0.15) is 64.9 Å². The summed E-state index contributed by atoms with van der Waals surface area (Å²) in [7, 11) is 0. The standard InChI is InChI=1S/C26H40N2O6/c1-19(2)18-33-20(3)34-28-24(29)15-12-21-10-13-23(14-11-21)32-17-7-16-27-25(26(30)31)22-8-5-4-6-9-22/h10-15,19-20,22,25,27H,4-9,16-18H2,1-3H3,(H,28,29)(H,30,31)/t20?,25-/m0/s1. The molecule has 0 radical (unpaired) electrons. The molecule has 1 unspecified atom stereocenters. The fourth-order valence-corrected chi connectivity index (χ4v) is 3.83.